The lowest BCUT2D eigenvalue weighted by Crippen LogP contribution is -2.18. The monoisotopic (exact) mass is 252 g/mol. The van der Waals surface area contributed by atoms with E-state index >= 15 is 0 Å². The van der Waals surface area contributed by atoms with E-state index in [0.717, 1.165) is 6.42 Å². The Hall–Kier alpha value is 0.690. The van der Waals surface area contributed by atoms with Gasteiger partial charge < -0.3 is 4.74 Å². The second kappa shape index (κ2) is 3.37. The molecule has 13 heavy (non-hydrogen) atoms. The molecule has 1 rings (SSSR count). The van der Waals surface area contributed by atoms with E-state index in [1.54, 1.807) is 0 Å². The Balaban J connectivity index is 2.51. The average Bonchev–Trinajstić information content (AvgIpc) is 2.30. The maximum atomic E-state index is 13.4. The summed E-state index contributed by atoms with van der Waals surface area (Å²) < 4.78 is 28.7. The van der Waals surface area contributed by atoms with E-state index < -0.39 is 15.3 Å². The molecule has 0 bridgehead atoms. The highest BCUT2D eigenvalue weighted by Gasteiger charge is 2.94. The number of hydrogen-bond donors (Lipinski definition) is 0. The van der Waals surface area contributed by atoms with Crippen LogP contribution >= 0.6 is 34.8 Å². The van der Waals surface area contributed by atoms with Crippen molar-refractivity contribution in [1.82, 2.24) is 0 Å². The zero-order valence-corrected chi connectivity index (χ0v) is 9.19. The summed E-state index contributed by atoms with van der Waals surface area (Å²) in [6, 6.07) is 0. The highest BCUT2D eigenvalue weighted by atomic mass is 35.5. The summed E-state index contributed by atoms with van der Waals surface area (Å²) in [5.74, 6) is -2.78. The van der Waals surface area contributed by atoms with Crippen LogP contribution in [0, 0.1) is 0 Å². The van der Waals surface area contributed by atoms with Crippen molar-refractivity contribution < 1.29 is 13.5 Å². The van der Waals surface area contributed by atoms with Gasteiger partial charge in [-0.25, -0.2) is 8.78 Å². The van der Waals surface area contributed by atoms with E-state index in [9.17, 15) is 8.78 Å². The summed E-state index contributed by atoms with van der Waals surface area (Å²) in [6.45, 7) is 1.94. The Morgan fingerprint density at radius 1 is 1.23 bits per heavy atom. The van der Waals surface area contributed by atoms with Gasteiger partial charge in [0.1, 0.15) is 0 Å². The largest absolute Gasteiger partial charge is 0.340 e. The zero-order valence-electron chi connectivity index (χ0n) is 6.92. The van der Waals surface area contributed by atoms with Gasteiger partial charge in [0.2, 0.25) is 4.33 Å². The second-order valence-electron chi connectivity index (χ2n) is 2.95. The molecule has 0 aromatic heterocycles. The molecule has 1 aliphatic carbocycles. The minimum Gasteiger partial charge on any atom is -0.340 e. The van der Waals surface area contributed by atoms with Crippen molar-refractivity contribution in [2.24, 2.45) is 0 Å². The number of ether oxygens (including phenoxy) is 1. The van der Waals surface area contributed by atoms with Crippen molar-refractivity contribution in [2.75, 3.05) is 6.61 Å². The molecule has 0 spiro atoms. The summed E-state index contributed by atoms with van der Waals surface area (Å²) in [7, 11) is 0. The molecule has 0 N–H and O–H groups in total. The highest BCUT2D eigenvalue weighted by molar-refractivity contribution is 6.59. The molecule has 2 atom stereocenters. The quantitative estimate of drug-likeness (QED) is 0.550. The molecular formula is C7H9Cl3F2O. The fraction of sp³-hybridized carbons (Fsp3) is 1.00. The van der Waals surface area contributed by atoms with Crippen LogP contribution in [0.3, 0.4) is 0 Å². The fourth-order valence-corrected chi connectivity index (χ4v) is 1.79. The summed E-state index contributed by atoms with van der Waals surface area (Å²) in [5.41, 5.74) is 0. The average molecular weight is 254 g/mol. The molecule has 0 unspecified atom stereocenters. The first-order chi connectivity index (χ1) is 5.81. The van der Waals surface area contributed by atoms with Crippen molar-refractivity contribution in [3.63, 3.8) is 0 Å². The molecule has 1 saturated carbocycles. The van der Waals surface area contributed by atoms with Crippen molar-refractivity contribution >= 4 is 34.8 Å². The Morgan fingerprint density at radius 2 is 1.69 bits per heavy atom. The fourth-order valence-electron chi connectivity index (χ4n) is 0.902. The van der Waals surface area contributed by atoms with Gasteiger partial charge >= 0.3 is 0 Å². The van der Waals surface area contributed by atoms with Gasteiger partial charge in [0.25, 0.3) is 11.0 Å². The number of unbranched alkanes of at least 4 members (excludes halogenated alkanes) is 1. The number of hydrogen-bond acceptors (Lipinski definition) is 1. The molecule has 0 aliphatic heterocycles. The summed E-state index contributed by atoms with van der Waals surface area (Å²) in [5, 5.41) is -2.84. The van der Waals surface area contributed by atoms with Crippen molar-refractivity contribution in [2.45, 2.75) is 35.1 Å². The first-order valence-corrected chi connectivity index (χ1v) is 5.03. The van der Waals surface area contributed by atoms with Crippen molar-refractivity contribution in [3.05, 3.63) is 0 Å². The van der Waals surface area contributed by atoms with Gasteiger partial charge in [-0.15, -0.1) is 0 Å². The van der Waals surface area contributed by atoms with Crippen LogP contribution in [0.2, 0.25) is 0 Å². The minimum atomic E-state index is -2.84. The molecule has 1 aliphatic rings. The molecule has 0 saturated heterocycles. The van der Waals surface area contributed by atoms with Crippen LogP contribution in [0.15, 0.2) is 0 Å². The lowest BCUT2D eigenvalue weighted by molar-refractivity contribution is -0.0877. The number of rotatable bonds is 4. The van der Waals surface area contributed by atoms with Gasteiger partial charge in [-0.1, -0.05) is 48.1 Å². The van der Waals surface area contributed by atoms with Gasteiger partial charge in [-0.05, 0) is 6.42 Å². The van der Waals surface area contributed by atoms with E-state index in [-0.39, 0.29) is 6.61 Å². The summed E-state index contributed by atoms with van der Waals surface area (Å²) >= 11 is 15.6. The minimum absolute atomic E-state index is 0.0482. The molecule has 0 radical (unpaired) electrons. The van der Waals surface area contributed by atoms with Crippen LogP contribution in [-0.4, -0.2) is 21.9 Å². The Labute approximate surface area is 90.3 Å². The molecule has 0 heterocycles. The van der Waals surface area contributed by atoms with E-state index in [4.69, 9.17) is 34.8 Å². The van der Waals surface area contributed by atoms with E-state index in [0.29, 0.717) is 6.42 Å². The van der Waals surface area contributed by atoms with Crippen molar-refractivity contribution in [3.8, 4) is 0 Å². The second-order valence-corrected chi connectivity index (χ2v) is 4.79. The first kappa shape index (κ1) is 11.8. The predicted octanol–water partition coefficient (Wildman–Crippen LogP) is 3.56. The number of alkyl halides is 5. The van der Waals surface area contributed by atoms with Crippen LogP contribution < -0.4 is 0 Å². The Morgan fingerprint density at radius 3 is 2.00 bits per heavy atom. The van der Waals surface area contributed by atoms with E-state index in [1.165, 1.54) is 0 Å². The molecule has 0 amide bonds. The molecule has 78 valence electrons. The Kier molecular flexibility index (Phi) is 3.05. The first-order valence-electron chi connectivity index (χ1n) is 3.89. The van der Waals surface area contributed by atoms with Gasteiger partial charge in [0.05, 0.1) is 6.61 Å². The SMILES string of the molecule is CCCCO[C@@]1(F)C(Cl)(Cl)[C@]1(F)Cl. The maximum absolute atomic E-state index is 13.4. The predicted molar refractivity (Wildman–Crippen MR) is 48.8 cm³/mol. The molecule has 6 heteroatoms. The standard InChI is InChI=1S/C7H9Cl3F2O/c1-2-3-4-13-7(12)5(8,9)6(7,10)11/h2-4H2,1H3/t6-,7+/m1/s1. The summed E-state index contributed by atoms with van der Waals surface area (Å²) in [6.07, 6.45) is 1.40. The molecule has 1 fully saturated rings. The normalized spacial score (nSPS) is 42.0. The zero-order chi connectivity index (χ0) is 10.3. The number of halogens is 5. The molecule has 0 aromatic carbocycles. The van der Waals surface area contributed by atoms with E-state index in [1.807, 2.05) is 6.92 Å². The van der Waals surface area contributed by atoms with Crippen LogP contribution in [-0.2, 0) is 4.74 Å². The van der Waals surface area contributed by atoms with Crippen LogP contribution in [0.4, 0.5) is 8.78 Å². The van der Waals surface area contributed by atoms with Crippen LogP contribution in [0.25, 0.3) is 0 Å². The third-order valence-electron chi connectivity index (χ3n) is 1.94. The highest BCUT2D eigenvalue weighted by Crippen LogP contribution is 2.72. The van der Waals surface area contributed by atoms with Gasteiger partial charge in [0.15, 0.2) is 0 Å². The Bertz CT molecular complexity index is 194. The third-order valence-corrected chi connectivity index (χ3v) is 3.67. The molecule has 0 aromatic rings. The van der Waals surface area contributed by atoms with Crippen LogP contribution in [0.5, 0.6) is 0 Å². The maximum Gasteiger partial charge on any atom is 0.299 e. The van der Waals surface area contributed by atoms with E-state index in [2.05, 4.69) is 4.74 Å². The van der Waals surface area contributed by atoms with Crippen LogP contribution in [0.1, 0.15) is 19.8 Å². The smallest absolute Gasteiger partial charge is 0.299 e. The van der Waals surface area contributed by atoms with Crippen molar-refractivity contribution in [1.29, 1.82) is 0 Å². The summed E-state index contributed by atoms with van der Waals surface area (Å²) in [4.78, 5) is 0. The lowest BCUT2D eigenvalue weighted by Gasteiger charge is -2.07. The molecule has 1 nitrogen and oxygen atoms in total. The lowest BCUT2D eigenvalue weighted by atomic mass is 10.4. The molecular weight excluding hydrogens is 244 g/mol. The third kappa shape index (κ3) is 1.44. The van der Waals surface area contributed by atoms with Gasteiger partial charge in [0, 0.05) is 0 Å². The van der Waals surface area contributed by atoms with Gasteiger partial charge in [-0.2, -0.15) is 0 Å². The topological polar surface area (TPSA) is 9.23 Å². The van der Waals surface area contributed by atoms with Gasteiger partial charge in [-0.3, -0.25) is 0 Å².